The Hall–Kier alpha value is -1.05. The van der Waals surface area contributed by atoms with Crippen LogP contribution < -0.4 is 4.74 Å². The summed E-state index contributed by atoms with van der Waals surface area (Å²) in [4.78, 5) is 4.14. The predicted octanol–water partition coefficient (Wildman–Crippen LogP) is 2.74. The van der Waals surface area contributed by atoms with Crippen molar-refractivity contribution in [3.8, 4) is 5.75 Å². The molecule has 0 saturated heterocycles. The van der Waals surface area contributed by atoms with Crippen molar-refractivity contribution in [2.75, 3.05) is 6.61 Å². The Balaban J connectivity index is 2.81. The van der Waals surface area contributed by atoms with E-state index in [1.807, 2.05) is 6.20 Å². The Morgan fingerprint density at radius 3 is 2.69 bits per heavy atom. The summed E-state index contributed by atoms with van der Waals surface area (Å²) in [7, 11) is 0. The summed E-state index contributed by atoms with van der Waals surface area (Å²) in [5.41, 5.74) is 2.50. The van der Waals surface area contributed by atoms with Gasteiger partial charge in [0.1, 0.15) is 5.75 Å². The molecule has 0 aliphatic heterocycles. The zero-order chi connectivity index (χ0) is 9.68. The van der Waals surface area contributed by atoms with Crippen LogP contribution in [0.5, 0.6) is 5.75 Å². The fourth-order valence-electron chi connectivity index (χ4n) is 1.26. The predicted molar refractivity (Wildman–Crippen MR) is 54.1 cm³/mol. The van der Waals surface area contributed by atoms with E-state index in [0.717, 1.165) is 25.2 Å². The van der Waals surface area contributed by atoms with E-state index in [1.54, 1.807) is 6.20 Å². The molecule has 0 aliphatic rings. The number of nitrogens with zero attached hydrogens (tertiary/aromatic N) is 1. The highest BCUT2D eigenvalue weighted by Gasteiger charge is 2.03. The second-order valence-corrected chi connectivity index (χ2v) is 3.12. The maximum Gasteiger partial charge on any atom is 0.140 e. The van der Waals surface area contributed by atoms with Gasteiger partial charge in [0.25, 0.3) is 0 Å². The average molecular weight is 179 g/mol. The summed E-state index contributed by atoms with van der Waals surface area (Å²) in [5.74, 6) is 0.932. The van der Waals surface area contributed by atoms with E-state index >= 15 is 0 Å². The fourth-order valence-corrected chi connectivity index (χ4v) is 1.26. The zero-order valence-corrected chi connectivity index (χ0v) is 8.63. The molecule has 0 atom stereocenters. The molecule has 0 aliphatic carbocycles. The van der Waals surface area contributed by atoms with Crippen LogP contribution in [0.3, 0.4) is 0 Å². The van der Waals surface area contributed by atoms with E-state index < -0.39 is 0 Å². The first kappa shape index (κ1) is 10.0. The van der Waals surface area contributed by atoms with E-state index in [2.05, 4.69) is 25.8 Å². The first-order chi connectivity index (χ1) is 6.29. The minimum Gasteiger partial charge on any atom is -0.492 e. The fraction of sp³-hybridized carbons (Fsp3) is 0.545. The molecule has 1 aromatic heterocycles. The van der Waals surface area contributed by atoms with Gasteiger partial charge in [0.2, 0.25) is 0 Å². The number of hydrogen-bond donors (Lipinski definition) is 0. The Kier molecular flexibility index (Phi) is 3.74. The van der Waals surface area contributed by atoms with Gasteiger partial charge < -0.3 is 4.74 Å². The van der Waals surface area contributed by atoms with E-state index in [1.165, 1.54) is 11.1 Å². The van der Waals surface area contributed by atoms with Crippen LogP contribution in [0.15, 0.2) is 12.4 Å². The van der Waals surface area contributed by atoms with Crippen LogP contribution in [0.25, 0.3) is 0 Å². The van der Waals surface area contributed by atoms with Gasteiger partial charge in [0.15, 0.2) is 0 Å². The molecular weight excluding hydrogens is 162 g/mol. The molecule has 2 nitrogen and oxygen atoms in total. The molecule has 0 saturated carbocycles. The van der Waals surface area contributed by atoms with Crippen molar-refractivity contribution in [2.24, 2.45) is 0 Å². The van der Waals surface area contributed by atoms with Crippen LogP contribution in [-0.4, -0.2) is 11.6 Å². The maximum absolute atomic E-state index is 5.57. The Bertz CT molecular complexity index is 271. The summed E-state index contributed by atoms with van der Waals surface area (Å²) in [6.45, 7) is 7.10. The molecule has 0 bridgehead atoms. The second-order valence-electron chi connectivity index (χ2n) is 3.12. The van der Waals surface area contributed by atoms with Gasteiger partial charge >= 0.3 is 0 Å². The minimum absolute atomic E-state index is 0.773. The Labute approximate surface area is 80.0 Å². The van der Waals surface area contributed by atoms with Gasteiger partial charge in [0.05, 0.1) is 12.8 Å². The summed E-state index contributed by atoms with van der Waals surface area (Å²) in [5, 5.41) is 0. The summed E-state index contributed by atoms with van der Waals surface area (Å²) >= 11 is 0. The molecule has 1 heterocycles. The van der Waals surface area contributed by atoms with Gasteiger partial charge in [-0.1, -0.05) is 13.8 Å². The Morgan fingerprint density at radius 2 is 2.08 bits per heavy atom. The second kappa shape index (κ2) is 4.85. The zero-order valence-electron chi connectivity index (χ0n) is 8.63. The molecule has 0 fully saturated rings. The monoisotopic (exact) mass is 179 g/mol. The quantitative estimate of drug-likeness (QED) is 0.709. The van der Waals surface area contributed by atoms with Crippen LogP contribution in [0.2, 0.25) is 0 Å². The van der Waals surface area contributed by atoms with Gasteiger partial charge in [-0.05, 0) is 30.9 Å². The van der Waals surface area contributed by atoms with Crippen molar-refractivity contribution >= 4 is 0 Å². The minimum atomic E-state index is 0.773. The van der Waals surface area contributed by atoms with E-state index in [-0.39, 0.29) is 0 Å². The lowest BCUT2D eigenvalue weighted by atomic mass is 10.1. The third-order valence-electron chi connectivity index (χ3n) is 2.12. The molecule has 1 aromatic rings. The van der Waals surface area contributed by atoms with Gasteiger partial charge in [0, 0.05) is 6.20 Å². The molecular formula is C11H17NO. The van der Waals surface area contributed by atoms with Crippen molar-refractivity contribution in [3.05, 3.63) is 23.5 Å². The summed E-state index contributed by atoms with van der Waals surface area (Å²) < 4.78 is 5.57. The average Bonchev–Trinajstić information content (AvgIpc) is 2.16. The first-order valence-electron chi connectivity index (χ1n) is 4.85. The molecule has 1 rings (SSSR count). The van der Waals surface area contributed by atoms with Crippen molar-refractivity contribution in [1.29, 1.82) is 0 Å². The lowest BCUT2D eigenvalue weighted by Gasteiger charge is -2.09. The molecule has 2 heteroatoms. The number of aryl methyl sites for hydroxylation is 1. The highest BCUT2D eigenvalue weighted by Crippen LogP contribution is 2.19. The lowest BCUT2D eigenvalue weighted by molar-refractivity contribution is 0.313. The van der Waals surface area contributed by atoms with E-state index in [9.17, 15) is 0 Å². The lowest BCUT2D eigenvalue weighted by Crippen LogP contribution is -1.99. The maximum atomic E-state index is 5.57. The van der Waals surface area contributed by atoms with Gasteiger partial charge in [-0.2, -0.15) is 0 Å². The molecule has 0 amide bonds. The largest absolute Gasteiger partial charge is 0.492 e. The summed E-state index contributed by atoms with van der Waals surface area (Å²) in [6.07, 6.45) is 5.76. The SMILES string of the molecule is CCCOc1cncc(CC)c1C. The molecule has 72 valence electrons. The number of hydrogen-bond acceptors (Lipinski definition) is 2. The molecule has 0 N–H and O–H groups in total. The van der Waals surface area contributed by atoms with Crippen LogP contribution in [0.1, 0.15) is 31.4 Å². The molecule has 0 aromatic carbocycles. The topological polar surface area (TPSA) is 22.1 Å². The van der Waals surface area contributed by atoms with Gasteiger partial charge in [-0.15, -0.1) is 0 Å². The highest BCUT2D eigenvalue weighted by molar-refractivity contribution is 5.35. The van der Waals surface area contributed by atoms with E-state index in [0.29, 0.717) is 0 Å². The molecule has 0 radical (unpaired) electrons. The number of ether oxygens (including phenoxy) is 1. The Morgan fingerprint density at radius 1 is 1.31 bits per heavy atom. The number of aromatic nitrogens is 1. The number of pyridine rings is 1. The smallest absolute Gasteiger partial charge is 0.140 e. The normalized spacial score (nSPS) is 10.1. The van der Waals surface area contributed by atoms with Crippen LogP contribution in [-0.2, 0) is 6.42 Å². The van der Waals surface area contributed by atoms with Gasteiger partial charge in [-0.3, -0.25) is 4.98 Å². The van der Waals surface area contributed by atoms with Crippen molar-refractivity contribution in [3.63, 3.8) is 0 Å². The first-order valence-corrected chi connectivity index (χ1v) is 4.85. The third kappa shape index (κ3) is 2.44. The molecule has 0 spiro atoms. The van der Waals surface area contributed by atoms with Crippen molar-refractivity contribution < 1.29 is 4.74 Å². The third-order valence-corrected chi connectivity index (χ3v) is 2.12. The standard InChI is InChI=1S/C11H17NO/c1-4-6-13-11-8-12-7-10(5-2)9(11)3/h7-8H,4-6H2,1-3H3. The molecule has 0 unspecified atom stereocenters. The van der Waals surface area contributed by atoms with Crippen molar-refractivity contribution in [2.45, 2.75) is 33.6 Å². The van der Waals surface area contributed by atoms with Crippen LogP contribution >= 0.6 is 0 Å². The summed E-state index contributed by atoms with van der Waals surface area (Å²) in [6, 6.07) is 0. The van der Waals surface area contributed by atoms with Crippen molar-refractivity contribution in [1.82, 2.24) is 4.98 Å². The van der Waals surface area contributed by atoms with Gasteiger partial charge in [-0.25, -0.2) is 0 Å². The van der Waals surface area contributed by atoms with Crippen LogP contribution in [0.4, 0.5) is 0 Å². The van der Waals surface area contributed by atoms with Crippen LogP contribution in [0, 0.1) is 6.92 Å². The highest BCUT2D eigenvalue weighted by atomic mass is 16.5. The number of rotatable bonds is 4. The molecule has 13 heavy (non-hydrogen) atoms. The van der Waals surface area contributed by atoms with E-state index in [4.69, 9.17) is 4.74 Å².